The van der Waals surface area contributed by atoms with Crippen LogP contribution >= 0.6 is 15.9 Å². The summed E-state index contributed by atoms with van der Waals surface area (Å²) in [7, 11) is 0. The van der Waals surface area contributed by atoms with E-state index in [0.29, 0.717) is 10.9 Å². The van der Waals surface area contributed by atoms with Gasteiger partial charge in [-0.15, -0.1) is 0 Å². The average Bonchev–Trinajstić information content (AvgIpc) is 2.07. The van der Waals surface area contributed by atoms with E-state index in [0.717, 1.165) is 10.0 Å². The highest BCUT2D eigenvalue weighted by Crippen LogP contribution is 2.31. The summed E-state index contributed by atoms with van der Waals surface area (Å²) in [5.74, 6) is -0.127. The number of benzene rings is 1. The van der Waals surface area contributed by atoms with Crippen molar-refractivity contribution in [2.75, 3.05) is 0 Å². The van der Waals surface area contributed by atoms with Crippen LogP contribution in [0.1, 0.15) is 5.56 Å². The summed E-state index contributed by atoms with van der Waals surface area (Å²) in [5.41, 5.74) is 1.52. The predicted octanol–water partition coefficient (Wildman–Crippen LogP) is 2.72. The number of nitrogens with zero attached hydrogens (tertiary/aromatic N) is 1. The highest BCUT2D eigenvalue weighted by atomic mass is 79.9. The highest BCUT2D eigenvalue weighted by molar-refractivity contribution is 9.10. The minimum atomic E-state index is -0.166. The van der Waals surface area contributed by atoms with Crippen LogP contribution in [-0.2, 0) is 0 Å². The van der Waals surface area contributed by atoms with E-state index >= 15 is 0 Å². The number of aromatic nitrogens is 1. The Morgan fingerprint density at radius 2 is 1.93 bits per heavy atom. The summed E-state index contributed by atoms with van der Waals surface area (Å²) in [6, 6.07) is 4.88. The maximum Gasteiger partial charge on any atom is 0.215 e. The van der Waals surface area contributed by atoms with Crippen LogP contribution in [0.3, 0.4) is 0 Å². The number of aromatic hydroxyl groups is 2. The Kier molecular flexibility index (Phi) is 2.07. The summed E-state index contributed by atoms with van der Waals surface area (Å²) >= 11 is 3.33. The molecule has 0 saturated heterocycles. The third-order valence-corrected chi connectivity index (χ3v) is 2.49. The Labute approximate surface area is 89.2 Å². The van der Waals surface area contributed by atoms with Gasteiger partial charge in [0.15, 0.2) is 0 Å². The van der Waals surface area contributed by atoms with Crippen LogP contribution in [0.15, 0.2) is 22.7 Å². The fourth-order valence-electron chi connectivity index (χ4n) is 1.43. The second-order valence-electron chi connectivity index (χ2n) is 3.12. The van der Waals surface area contributed by atoms with Gasteiger partial charge in [0.2, 0.25) is 5.88 Å². The van der Waals surface area contributed by atoms with E-state index < -0.39 is 0 Å². The van der Waals surface area contributed by atoms with E-state index in [2.05, 4.69) is 20.9 Å². The second kappa shape index (κ2) is 3.13. The van der Waals surface area contributed by atoms with Gasteiger partial charge in [-0.2, -0.15) is 0 Å². The minimum Gasteiger partial charge on any atom is -0.507 e. The largest absolute Gasteiger partial charge is 0.507 e. The Morgan fingerprint density at radius 3 is 2.64 bits per heavy atom. The maximum atomic E-state index is 9.58. The average molecular weight is 254 g/mol. The zero-order valence-corrected chi connectivity index (χ0v) is 9.04. The lowest BCUT2D eigenvalue weighted by Crippen LogP contribution is -1.85. The van der Waals surface area contributed by atoms with Gasteiger partial charge in [-0.1, -0.05) is 15.9 Å². The summed E-state index contributed by atoms with van der Waals surface area (Å²) in [5, 5.41) is 19.4. The number of hydrogen-bond acceptors (Lipinski definition) is 3. The molecule has 14 heavy (non-hydrogen) atoms. The van der Waals surface area contributed by atoms with E-state index in [-0.39, 0.29) is 11.6 Å². The van der Waals surface area contributed by atoms with Crippen molar-refractivity contribution >= 4 is 26.8 Å². The van der Waals surface area contributed by atoms with Gasteiger partial charge < -0.3 is 10.2 Å². The lowest BCUT2D eigenvalue weighted by atomic mass is 10.1. The molecular weight excluding hydrogens is 246 g/mol. The van der Waals surface area contributed by atoms with Crippen molar-refractivity contribution in [3.63, 3.8) is 0 Å². The Bertz CT molecular complexity index is 464. The molecule has 0 spiro atoms. The predicted molar refractivity (Wildman–Crippen MR) is 57.5 cm³/mol. The molecule has 3 nitrogen and oxygen atoms in total. The molecule has 0 radical (unpaired) electrons. The van der Waals surface area contributed by atoms with Crippen LogP contribution in [-0.4, -0.2) is 15.2 Å². The van der Waals surface area contributed by atoms with E-state index in [1.807, 2.05) is 13.0 Å². The van der Waals surface area contributed by atoms with Gasteiger partial charge in [-0.25, -0.2) is 4.98 Å². The SMILES string of the molecule is Cc1cc(Br)cc2c(O)cc(O)nc12. The lowest BCUT2D eigenvalue weighted by molar-refractivity contribution is 0.440. The molecule has 72 valence electrons. The first-order valence-corrected chi connectivity index (χ1v) is 4.86. The topological polar surface area (TPSA) is 53.4 Å². The molecule has 2 N–H and O–H groups in total. The van der Waals surface area contributed by atoms with Gasteiger partial charge in [0.25, 0.3) is 0 Å². The van der Waals surface area contributed by atoms with Gasteiger partial charge in [0.05, 0.1) is 5.52 Å². The summed E-state index contributed by atoms with van der Waals surface area (Å²) in [6.07, 6.45) is 0. The highest BCUT2D eigenvalue weighted by Gasteiger charge is 2.07. The fourth-order valence-corrected chi connectivity index (χ4v) is 2.00. The van der Waals surface area contributed by atoms with E-state index in [1.54, 1.807) is 6.07 Å². The van der Waals surface area contributed by atoms with Crippen molar-refractivity contribution in [3.05, 3.63) is 28.2 Å². The molecule has 0 saturated carbocycles. The number of fused-ring (bicyclic) bond motifs is 1. The normalized spacial score (nSPS) is 10.7. The maximum absolute atomic E-state index is 9.58. The molecule has 0 bridgehead atoms. The molecule has 0 aliphatic rings. The molecule has 2 rings (SSSR count). The van der Waals surface area contributed by atoms with Crippen molar-refractivity contribution in [2.24, 2.45) is 0 Å². The Morgan fingerprint density at radius 1 is 1.21 bits per heavy atom. The van der Waals surface area contributed by atoms with Gasteiger partial charge in [-0.05, 0) is 24.6 Å². The molecule has 0 aliphatic heterocycles. The van der Waals surface area contributed by atoms with Crippen molar-refractivity contribution in [3.8, 4) is 11.6 Å². The van der Waals surface area contributed by atoms with Gasteiger partial charge in [-0.3, -0.25) is 0 Å². The van der Waals surface area contributed by atoms with Gasteiger partial charge in [0, 0.05) is 15.9 Å². The van der Waals surface area contributed by atoms with Crippen molar-refractivity contribution < 1.29 is 10.2 Å². The van der Waals surface area contributed by atoms with Crippen molar-refractivity contribution in [2.45, 2.75) is 6.92 Å². The first-order valence-electron chi connectivity index (χ1n) is 4.07. The van der Waals surface area contributed by atoms with Crippen LogP contribution in [0.4, 0.5) is 0 Å². The van der Waals surface area contributed by atoms with E-state index in [9.17, 15) is 10.2 Å². The van der Waals surface area contributed by atoms with Crippen LogP contribution in [0, 0.1) is 6.92 Å². The molecular formula is C10H8BrNO2. The third kappa shape index (κ3) is 1.42. The molecule has 2 aromatic rings. The minimum absolute atomic E-state index is 0.0388. The van der Waals surface area contributed by atoms with Crippen LogP contribution in [0.5, 0.6) is 11.6 Å². The van der Waals surface area contributed by atoms with Gasteiger partial charge in [0.1, 0.15) is 5.75 Å². The first-order chi connectivity index (χ1) is 6.58. The van der Waals surface area contributed by atoms with E-state index in [1.165, 1.54) is 6.07 Å². The summed E-state index contributed by atoms with van der Waals surface area (Å²) in [6.45, 7) is 1.87. The number of hydrogen-bond donors (Lipinski definition) is 2. The Balaban J connectivity index is 2.94. The molecule has 0 fully saturated rings. The number of halogens is 1. The number of pyridine rings is 1. The van der Waals surface area contributed by atoms with Crippen molar-refractivity contribution in [1.82, 2.24) is 4.98 Å². The molecule has 0 aliphatic carbocycles. The third-order valence-electron chi connectivity index (χ3n) is 2.03. The Hall–Kier alpha value is -1.29. The van der Waals surface area contributed by atoms with Crippen molar-refractivity contribution in [1.29, 1.82) is 0 Å². The molecule has 1 aromatic carbocycles. The van der Waals surface area contributed by atoms with Gasteiger partial charge >= 0.3 is 0 Å². The quantitative estimate of drug-likeness (QED) is 0.759. The second-order valence-corrected chi connectivity index (χ2v) is 4.03. The monoisotopic (exact) mass is 253 g/mol. The van der Waals surface area contributed by atoms with Crippen LogP contribution < -0.4 is 0 Å². The molecule has 0 amide bonds. The zero-order chi connectivity index (χ0) is 10.3. The molecule has 0 unspecified atom stereocenters. The fraction of sp³-hybridized carbons (Fsp3) is 0.100. The lowest BCUT2D eigenvalue weighted by Gasteiger charge is -2.05. The number of rotatable bonds is 0. The molecule has 1 heterocycles. The molecule has 4 heteroatoms. The summed E-state index contributed by atoms with van der Waals surface area (Å²) in [4.78, 5) is 3.95. The van der Waals surface area contributed by atoms with Crippen LogP contribution in [0.25, 0.3) is 10.9 Å². The molecule has 0 atom stereocenters. The smallest absolute Gasteiger partial charge is 0.215 e. The van der Waals surface area contributed by atoms with Crippen LogP contribution in [0.2, 0.25) is 0 Å². The molecule has 1 aromatic heterocycles. The first kappa shape index (κ1) is 9.27. The summed E-state index contributed by atoms with van der Waals surface area (Å²) < 4.78 is 0.880. The van der Waals surface area contributed by atoms with E-state index in [4.69, 9.17) is 0 Å². The number of aryl methyl sites for hydroxylation is 1. The zero-order valence-electron chi connectivity index (χ0n) is 7.45. The standard InChI is InChI=1S/C10H8BrNO2/c1-5-2-6(11)3-7-8(13)4-9(14)12-10(5)7/h2-4H,1H3,(H2,12,13,14).